The van der Waals surface area contributed by atoms with E-state index in [9.17, 15) is 9.90 Å². The van der Waals surface area contributed by atoms with Crippen LogP contribution in [0.2, 0.25) is 0 Å². The second-order valence-corrected chi connectivity index (χ2v) is 6.38. The van der Waals surface area contributed by atoms with Crippen molar-refractivity contribution in [2.24, 2.45) is 16.7 Å². The molecule has 3 unspecified atom stereocenters. The summed E-state index contributed by atoms with van der Waals surface area (Å²) in [6, 6.07) is 0.149. The van der Waals surface area contributed by atoms with Gasteiger partial charge >= 0.3 is 0 Å². The molecule has 0 aromatic carbocycles. The van der Waals surface area contributed by atoms with E-state index < -0.39 is 0 Å². The molecule has 2 saturated carbocycles. The van der Waals surface area contributed by atoms with Crippen LogP contribution in [0.25, 0.3) is 0 Å². The maximum atomic E-state index is 11.8. The molecule has 0 heterocycles. The lowest BCUT2D eigenvalue weighted by molar-refractivity contribution is -0.131. The summed E-state index contributed by atoms with van der Waals surface area (Å²) in [5.74, 6) is 0.357. The Hall–Kier alpha value is -0.570. The van der Waals surface area contributed by atoms with Gasteiger partial charge in [-0.1, -0.05) is 27.7 Å². The minimum atomic E-state index is -0.269. The third-order valence-corrected chi connectivity index (χ3v) is 4.36. The zero-order valence-corrected chi connectivity index (χ0v) is 10.0. The molecule has 2 rings (SSSR count). The monoisotopic (exact) mass is 211 g/mol. The van der Waals surface area contributed by atoms with Crippen LogP contribution in [0, 0.1) is 16.7 Å². The van der Waals surface area contributed by atoms with Gasteiger partial charge in [0, 0.05) is 17.4 Å². The molecule has 0 aromatic rings. The first-order valence-electron chi connectivity index (χ1n) is 5.73. The summed E-state index contributed by atoms with van der Waals surface area (Å²) < 4.78 is 0. The van der Waals surface area contributed by atoms with Gasteiger partial charge in [0.1, 0.15) is 0 Å². The molecule has 0 bridgehead atoms. The number of nitrogens with one attached hydrogen (secondary N) is 1. The third kappa shape index (κ3) is 1.67. The van der Waals surface area contributed by atoms with Crippen molar-refractivity contribution >= 4 is 5.91 Å². The molecule has 0 radical (unpaired) electrons. The predicted molar refractivity (Wildman–Crippen MR) is 58.2 cm³/mol. The number of aliphatic hydroxyl groups excluding tert-OH is 1. The molecule has 0 aromatic heterocycles. The van der Waals surface area contributed by atoms with Crippen molar-refractivity contribution in [3.8, 4) is 0 Å². The molecule has 0 saturated heterocycles. The van der Waals surface area contributed by atoms with Crippen molar-refractivity contribution < 1.29 is 9.90 Å². The minimum absolute atomic E-state index is 0.149. The van der Waals surface area contributed by atoms with E-state index in [1.165, 1.54) is 0 Å². The Balaban J connectivity index is 1.87. The van der Waals surface area contributed by atoms with Crippen molar-refractivity contribution in [1.82, 2.24) is 5.32 Å². The number of carbonyl (C=O) groups is 1. The summed E-state index contributed by atoms with van der Waals surface area (Å²) in [4.78, 5) is 11.8. The molecule has 15 heavy (non-hydrogen) atoms. The van der Waals surface area contributed by atoms with Gasteiger partial charge in [0.05, 0.1) is 6.10 Å². The maximum Gasteiger partial charge on any atom is 0.223 e. The zero-order valence-electron chi connectivity index (χ0n) is 10.0. The summed E-state index contributed by atoms with van der Waals surface area (Å²) in [6.45, 7) is 8.25. The Morgan fingerprint density at radius 1 is 1.33 bits per heavy atom. The standard InChI is InChI=1S/C12H21NO2/c1-11(2)6-7(11)10(15)13-8-5-9(14)12(8,3)4/h7-9,14H,5-6H2,1-4H3,(H,13,15). The van der Waals surface area contributed by atoms with Gasteiger partial charge in [-0.05, 0) is 18.3 Å². The highest BCUT2D eigenvalue weighted by Crippen LogP contribution is 2.52. The Morgan fingerprint density at radius 3 is 2.20 bits per heavy atom. The molecule has 3 heteroatoms. The molecule has 86 valence electrons. The van der Waals surface area contributed by atoms with Gasteiger partial charge in [0.25, 0.3) is 0 Å². The normalized spacial score (nSPS) is 40.5. The second-order valence-electron chi connectivity index (χ2n) is 6.38. The molecule has 2 fully saturated rings. The molecule has 2 aliphatic rings. The van der Waals surface area contributed by atoms with Gasteiger partial charge in [-0.25, -0.2) is 0 Å². The van der Waals surface area contributed by atoms with Crippen LogP contribution in [-0.2, 0) is 4.79 Å². The number of amides is 1. The Kier molecular flexibility index (Phi) is 2.16. The maximum absolute atomic E-state index is 11.8. The van der Waals surface area contributed by atoms with Gasteiger partial charge in [-0.3, -0.25) is 4.79 Å². The van der Waals surface area contributed by atoms with E-state index in [0.717, 1.165) is 6.42 Å². The quantitative estimate of drug-likeness (QED) is 0.723. The third-order valence-electron chi connectivity index (χ3n) is 4.36. The highest BCUT2D eigenvalue weighted by molar-refractivity contribution is 5.82. The lowest BCUT2D eigenvalue weighted by Crippen LogP contribution is -2.61. The largest absolute Gasteiger partial charge is 0.392 e. The topological polar surface area (TPSA) is 49.3 Å². The number of rotatable bonds is 2. The van der Waals surface area contributed by atoms with E-state index in [0.29, 0.717) is 6.42 Å². The highest BCUT2D eigenvalue weighted by Gasteiger charge is 2.53. The smallest absolute Gasteiger partial charge is 0.223 e. The van der Waals surface area contributed by atoms with Crippen molar-refractivity contribution in [2.45, 2.75) is 52.7 Å². The van der Waals surface area contributed by atoms with Crippen LogP contribution in [0.3, 0.4) is 0 Å². The van der Waals surface area contributed by atoms with Crippen molar-refractivity contribution in [3.63, 3.8) is 0 Å². The average Bonchev–Trinajstić information content (AvgIpc) is 2.75. The molecular formula is C12H21NO2. The number of carbonyl (C=O) groups excluding carboxylic acids is 1. The SMILES string of the molecule is CC1(C)CC1C(=O)NC1CC(O)C1(C)C. The van der Waals surface area contributed by atoms with Gasteiger partial charge in [0.2, 0.25) is 5.91 Å². The van der Waals surface area contributed by atoms with Crippen LogP contribution >= 0.6 is 0 Å². The molecule has 0 spiro atoms. The van der Waals surface area contributed by atoms with Crippen LogP contribution in [-0.4, -0.2) is 23.2 Å². The van der Waals surface area contributed by atoms with E-state index in [1.807, 2.05) is 13.8 Å². The fourth-order valence-electron chi connectivity index (χ4n) is 2.33. The fraction of sp³-hybridized carbons (Fsp3) is 0.917. The molecule has 1 amide bonds. The van der Waals surface area contributed by atoms with Crippen LogP contribution < -0.4 is 5.32 Å². The van der Waals surface area contributed by atoms with E-state index >= 15 is 0 Å². The number of hydrogen-bond acceptors (Lipinski definition) is 2. The van der Waals surface area contributed by atoms with Gasteiger partial charge in [-0.15, -0.1) is 0 Å². The van der Waals surface area contributed by atoms with Crippen LogP contribution in [0.1, 0.15) is 40.5 Å². The summed E-state index contributed by atoms with van der Waals surface area (Å²) in [6.07, 6.45) is 1.43. The van der Waals surface area contributed by atoms with Crippen LogP contribution in [0.5, 0.6) is 0 Å². The Morgan fingerprint density at radius 2 is 1.87 bits per heavy atom. The Bertz CT molecular complexity index is 296. The molecule has 0 aliphatic heterocycles. The van der Waals surface area contributed by atoms with E-state index in [2.05, 4.69) is 19.2 Å². The molecule has 2 aliphatic carbocycles. The molecule has 3 atom stereocenters. The van der Waals surface area contributed by atoms with Gasteiger partial charge in [-0.2, -0.15) is 0 Å². The first kappa shape index (κ1) is 10.9. The molecule has 2 N–H and O–H groups in total. The number of hydrogen-bond donors (Lipinski definition) is 2. The lowest BCUT2D eigenvalue weighted by Gasteiger charge is -2.49. The van der Waals surface area contributed by atoms with Gasteiger partial charge < -0.3 is 10.4 Å². The number of aliphatic hydroxyl groups is 1. The second kappa shape index (κ2) is 2.97. The zero-order chi connectivity index (χ0) is 11.4. The highest BCUT2D eigenvalue weighted by atomic mass is 16.3. The van der Waals surface area contributed by atoms with E-state index in [1.54, 1.807) is 0 Å². The lowest BCUT2D eigenvalue weighted by atomic mass is 9.64. The fourth-order valence-corrected chi connectivity index (χ4v) is 2.33. The van der Waals surface area contributed by atoms with Crippen LogP contribution in [0.4, 0.5) is 0 Å². The Labute approximate surface area is 91.2 Å². The average molecular weight is 211 g/mol. The first-order chi connectivity index (χ1) is 6.75. The van der Waals surface area contributed by atoms with Crippen molar-refractivity contribution in [2.75, 3.05) is 0 Å². The van der Waals surface area contributed by atoms with E-state index in [-0.39, 0.29) is 34.8 Å². The van der Waals surface area contributed by atoms with E-state index in [4.69, 9.17) is 0 Å². The van der Waals surface area contributed by atoms with Gasteiger partial charge in [0.15, 0.2) is 0 Å². The molecule has 3 nitrogen and oxygen atoms in total. The summed E-state index contributed by atoms with van der Waals surface area (Å²) in [5, 5.41) is 12.6. The van der Waals surface area contributed by atoms with Crippen LogP contribution in [0.15, 0.2) is 0 Å². The summed E-state index contributed by atoms with van der Waals surface area (Å²) in [7, 11) is 0. The molecular weight excluding hydrogens is 190 g/mol. The van der Waals surface area contributed by atoms with Crippen molar-refractivity contribution in [3.05, 3.63) is 0 Å². The predicted octanol–water partition coefficient (Wildman–Crippen LogP) is 1.31. The summed E-state index contributed by atoms with van der Waals surface area (Å²) >= 11 is 0. The first-order valence-corrected chi connectivity index (χ1v) is 5.73. The summed E-state index contributed by atoms with van der Waals surface area (Å²) in [5.41, 5.74) is 0.0330. The van der Waals surface area contributed by atoms with Crippen molar-refractivity contribution in [1.29, 1.82) is 0 Å². The minimum Gasteiger partial charge on any atom is -0.392 e.